The minimum absolute atomic E-state index is 0. The van der Waals surface area contributed by atoms with Crippen molar-refractivity contribution in [3.63, 3.8) is 0 Å². The average Bonchev–Trinajstić information content (AvgIpc) is 2.24. The molecule has 108 valence electrons. The van der Waals surface area contributed by atoms with Gasteiger partial charge in [-0.3, -0.25) is 4.79 Å². The van der Waals surface area contributed by atoms with Crippen LogP contribution in [0.5, 0.6) is 0 Å². The molecule has 1 rings (SSSR count). The molecule has 1 amide bonds. The van der Waals surface area contributed by atoms with Gasteiger partial charge in [0.1, 0.15) is 0 Å². The van der Waals surface area contributed by atoms with E-state index in [-0.39, 0.29) is 30.3 Å². The molecule has 0 aromatic heterocycles. The van der Waals surface area contributed by atoms with Gasteiger partial charge in [0.2, 0.25) is 5.91 Å². The molecule has 1 N–H and O–H groups in total. The van der Waals surface area contributed by atoms with Crippen molar-refractivity contribution >= 4 is 18.3 Å². The monoisotopic (exact) mass is 284 g/mol. The summed E-state index contributed by atoms with van der Waals surface area (Å²) in [4.78, 5) is 13.5. The van der Waals surface area contributed by atoms with E-state index < -0.39 is 13.0 Å². The van der Waals surface area contributed by atoms with Crippen LogP contribution in [0.25, 0.3) is 0 Å². The quantitative estimate of drug-likeness (QED) is 0.859. The fourth-order valence-electron chi connectivity index (χ4n) is 2.29. The van der Waals surface area contributed by atoms with Crippen LogP contribution in [0, 0.1) is 5.92 Å². The van der Waals surface area contributed by atoms with Crippen LogP contribution in [0.1, 0.15) is 33.6 Å². The molecule has 0 aromatic carbocycles. The molecule has 1 fully saturated rings. The third kappa shape index (κ3) is 5.06. The van der Waals surface area contributed by atoms with Crippen LogP contribution in [0.3, 0.4) is 0 Å². The van der Waals surface area contributed by atoms with Crippen LogP contribution in [0.15, 0.2) is 0 Å². The number of carbonyl (C=O) groups is 1. The summed E-state index contributed by atoms with van der Waals surface area (Å²) in [6.45, 7) is 5.93. The number of amides is 1. The molecule has 1 aliphatic heterocycles. The van der Waals surface area contributed by atoms with Crippen molar-refractivity contribution < 1.29 is 13.6 Å². The molecule has 1 aliphatic rings. The van der Waals surface area contributed by atoms with Crippen LogP contribution in [0.4, 0.5) is 8.78 Å². The van der Waals surface area contributed by atoms with Gasteiger partial charge in [-0.05, 0) is 40.2 Å². The Morgan fingerprint density at radius 3 is 2.50 bits per heavy atom. The van der Waals surface area contributed by atoms with Crippen molar-refractivity contribution in [2.75, 3.05) is 13.1 Å². The lowest BCUT2D eigenvalue weighted by atomic mass is 9.91. The smallest absolute Gasteiger partial charge is 0.255 e. The first-order valence-corrected chi connectivity index (χ1v) is 6.23. The third-order valence-corrected chi connectivity index (χ3v) is 3.21. The Balaban J connectivity index is 0.00000289. The second-order valence-corrected chi connectivity index (χ2v) is 5.05. The van der Waals surface area contributed by atoms with Gasteiger partial charge in [-0.1, -0.05) is 0 Å². The summed E-state index contributed by atoms with van der Waals surface area (Å²) in [6, 6.07) is 0.125. The SMILES string of the molecule is CC(C)N(CC(F)F)C(=O)[C@H]1CCN[C@@H](C)C1.Cl. The van der Waals surface area contributed by atoms with E-state index in [1.54, 1.807) is 13.8 Å². The van der Waals surface area contributed by atoms with Crippen molar-refractivity contribution in [2.24, 2.45) is 5.92 Å². The van der Waals surface area contributed by atoms with Gasteiger partial charge in [0.25, 0.3) is 6.43 Å². The maximum Gasteiger partial charge on any atom is 0.255 e. The fourth-order valence-corrected chi connectivity index (χ4v) is 2.29. The Morgan fingerprint density at radius 2 is 2.06 bits per heavy atom. The van der Waals surface area contributed by atoms with Crippen molar-refractivity contribution in [2.45, 2.75) is 52.1 Å². The van der Waals surface area contributed by atoms with Crippen molar-refractivity contribution in [1.82, 2.24) is 10.2 Å². The van der Waals surface area contributed by atoms with Crippen LogP contribution in [0.2, 0.25) is 0 Å². The number of hydrogen-bond donors (Lipinski definition) is 1. The van der Waals surface area contributed by atoms with Crippen molar-refractivity contribution in [3.8, 4) is 0 Å². The van der Waals surface area contributed by atoms with Crippen molar-refractivity contribution in [1.29, 1.82) is 0 Å². The second kappa shape index (κ2) is 7.89. The van der Waals surface area contributed by atoms with Crippen LogP contribution in [-0.4, -0.2) is 42.4 Å². The molecular weight excluding hydrogens is 262 g/mol. The molecule has 1 heterocycles. The molecule has 1 saturated heterocycles. The predicted molar refractivity (Wildman–Crippen MR) is 70.3 cm³/mol. The van der Waals surface area contributed by atoms with Crippen LogP contribution < -0.4 is 5.32 Å². The molecule has 0 saturated carbocycles. The van der Waals surface area contributed by atoms with Gasteiger partial charge in [0.15, 0.2) is 0 Å². The Bertz CT molecular complexity index is 264. The van der Waals surface area contributed by atoms with E-state index in [1.165, 1.54) is 4.90 Å². The zero-order chi connectivity index (χ0) is 13.0. The van der Waals surface area contributed by atoms with Gasteiger partial charge in [0, 0.05) is 18.0 Å². The molecule has 0 spiro atoms. The zero-order valence-electron chi connectivity index (χ0n) is 11.2. The molecule has 0 aliphatic carbocycles. The number of piperidine rings is 1. The van der Waals surface area contributed by atoms with Crippen molar-refractivity contribution in [3.05, 3.63) is 0 Å². The van der Waals surface area contributed by atoms with E-state index >= 15 is 0 Å². The number of hydrogen-bond acceptors (Lipinski definition) is 2. The van der Waals surface area contributed by atoms with E-state index in [4.69, 9.17) is 0 Å². The number of nitrogens with one attached hydrogen (secondary N) is 1. The average molecular weight is 285 g/mol. The summed E-state index contributed by atoms with van der Waals surface area (Å²) in [7, 11) is 0. The summed E-state index contributed by atoms with van der Waals surface area (Å²) < 4.78 is 24.9. The highest BCUT2D eigenvalue weighted by atomic mass is 35.5. The summed E-state index contributed by atoms with van der Waals surface area (Å²) in [5, 5.41) is 3.26. The van der Waals surface area contributed by atoms with Gasteiger partial charge in [-0.25, -0.2) is 8.78 Å². The Kier molecular flexibility index (Phi) is 7.71. The van der Waals surface area contributed by atoms with E-state index in [2.05, 4.69) is 5.32 Å². The zero-order valence-corrected chi connectivity index (χ0v) is 12.0. The van der Waals surface area contributed by atoms with Crippen LogP contribution >= 0.6 is 12.4 Å². The molecule has 0 aromatic rings. The number of carbonyl (C=O) groups excluding carboxylic acids is 1. The van der Waals surface area contributed by atoms with E-state index in [0.29, 0.717) is 6.04 Å². The fraction of sp³-hybridized carbons (Fsp3) is 0.917. The Morgan fingerprint density at radius 1 is 1.44 bits per heavy atom. The summed E-state index contributed by atoms with van der Waals surface area (Å²) in [5.41, 5.74) is 0. The van der Waals surface area contributed by atoms with Crippen LogP contribution in [-0.2, 0) is 4.79 Å². The molecule has 6 heteroatoms. The molecule has 18 heavy (non-hydrogen) atoms. The highest BCUT2D eigenvalue weighted by Gasteiger charge is 2.30. The van der Waals surface area contributed by atoms with Gasteiger partial charge in [0.05, 0.1) is 6.54 Å². The van der Waals surface area contributed by atoms with E-state index in [1.807, 2.05) is 6.92 Å². The molecule has 2 atom stereocenters. The molecule has 0 radical (unpaired) electrons. The first kappa shape index (κ1) is 17.6. The normalized spacial score (nSPS) is 23.9. The van der Waals surface area contributed by atoms with E-state index in [0.717, 1.165) is 19.4 Å². The van der Waals surface area contributed by atoms with Gasteiger partial charge < -0.3 is 10.2 Å². The predicted octanol–water partition coefficient (Wildman–Crippen LogP) is 2.30. The highest BCUT2D eigenvalue weighted by molar-refractivity contribution is 5.85. The molecule has 0 bridgehead atoms. The lowest BCUT2D eigenvalue weighted by Gasteiger charge is -2.34. The van der Waals surface area contributed by atoms with Gasteiger partial charge in [-0.15, -0.1) is 12.4 Å². The summed E-state index contributed by atoms with van der Waals surface area (Å²) in [5.74, 6) is -0.221. The Labute approximate surface area is 114 Å². The summed E-state index contributed by atoms with van der Waals surface area (Å²) in [6.07, 6.45) is -0.971. The standard InChI is InChI=1S/C12H22F2N2O.ClH/c1-8(2)16(7-11(13)14)12(17)10-4-5-15-9(3)6-10;/h8-11,15H,4-7H2,1-3H3;1H/t9-,10-;/m0./s1. The number of rotatable bonds is 4. The van der Waals surface area contributed by atoms with Gasteiger partial charge >= 0.3 is 0 Å². The summed E-state index contributed by atoms with van der Waals surface area (Å²) >= 11 is 0. The maximum absolute atomic E-state index is 12.4. The number of halogens is 3. The Hall–Kier alpha value is -0.420. The minimum atomic E-state index is -2.46. The molecular formula is C12H23ClF2N2O. The first-order chi connectivity index (χ1) is 7.91. The first-order valence-electron chi connectivity index (χ1n) is 6.23. The third-order valence-electron chi connectivity index (χ3n) is 3.21. The number of nitrogens with zero attached hydrogens (tertiary/aromatic N) is 1. The molecule has 0 unspecified atom stereocenters. The lowest BCUT2D eigenvalue weighted by Crippen LogP contribution is -2.47. The second-order valence-electron chi connectivity index (χ2n) is 5.05. The lowest BCUT2D eigenvalue weighted by molar-refractivity contribution is -0.140. The minimum Gasteiger partial charge on any atom is -0.334 e. The van der Waals surface area contributed by atoms with Gasteiger partial charge in [-0.2, -0.15) is 0 Å². The largest absolute Gasteiger partial charge is 0.334 e. The highest BCUT2D eigenvalue weighted by Crippen LogP contribution is 2.20. The van der Waals surface area contributed by atoms with E-state index in [9.17, 15) is 13.6 Å². The number of alkyl halides is 2. The topological polar surface area (TPSA) is 32.3 Å². The molecule has 3 nitrogen and oxygen atoms in total. The maximum atomic E-state index is 12.4.